The molecule has 0 heterocycles. The van der Waals surface area contributed by atoms with Gasteiger partial charge in [-0.25, -0.2) is 8.42 Å². The first-order valence-electron chi connectivity index (χ1n) is 6.32. The fourth-order valence-corrected chi connectivity index (χ4v) is 3.89. The first-order valence-corrected chi connectivity index (χ1v) is 7.87. The Balaban J connectivity index is 2.53. The average molecular weight is 292 g/mol. The minimum absolute atomic E-state index is 0.248. The van der Waals surface area contributed by atoms with E-state index in [9.17, 15) is 8.42 Å². The van der Waals surface area contributed by atoms with Crippen LogP contribution in [0.15, 0.2) is 59.5 Å². The van der Waals surface area contributed by atoms with Gasteiger partial charge in [0.2, 0.25) is 0 Å². The van der Waals surface area contributed by atoms with Crippen LogP contribution in [0.2, 0.25) is 0 Å². The van der Waals surface area contributed by atoms with Crippen molar-refractivity contribution in [3.05, 3.63) is 60.2 Å². The van der Waals surface area contributed by atoms with Crippen molar-refractivity contribution < 1.29 is 18.9 Å². The molecule has 0 aliphatic heterocycles. The van der Waals surface area contributed by atoms with Crippen LogP contribution in [0.25, 0.3) is 0 Å². The minimum Gasteiger partial charge on any atom is -0.496 e. The van der Waals surface area contributed by atoms with Gasteiger partial charge < -0.3 is 10.5 Å². The van der Waals surface area contributed by atoms with Gasteiger partial charge in [0.05, 0.1) is 18.6 Å². The van der Waals surface area contributed by atoms with Crippen LogP contribution >= 0.6 is 0 Å². The Hall–Kier alpha value is -1.85. The maximum Gasteiger partial charge on any atom is 0.191 e. The van der Waals surface area contributed by atoms with E-state index in [1.165, 1.54) is 7.11 Å². The second-order valence-electron chi connectivity index (χ2n) is 4.38. The van der Waals surface area contributed by atoms with Gasteiger partial charge in [-0.15, -0.1) is 0 Å². The molecule has 0 fully saturated rings. The summed E-state index contributed by atoms with van der Waals surface area (Å²) in [7, 11) is -1.94. The van der Waals surface area contributed by atoms with Crippen LogP contribution in [0, 0.1) is 0 Å². The Morgan fingerprint density at radius 2 is 1.65 bits per heavy atom. The monoisotopic (exact) mass is 292 g/mol. The van der Waals surface area contributed by atoms with Crippen molar-refractivity contribution in [3.8, 4) is 5.75 Å². The molecule has 5 heteroatoms. The maximum atomic E-state index is 12.7. The highest BCUT2D eigenvalue weighted by Crippen LogP contribution is 2.33. The van der Waals surface area contributed by atoms with E-state index in [0.29, 0.717) is 16.2 Å². The van der Waals surface area contributed by atoms with Crippen molar-refractivity contribution in [3.63, 3.8) is 0 Å². The lowest BCUT2D eigenvalue weighted by Crippen LogP contribution is -2.54. The number of quaternary nitrogens is 1. The molecule has 0 bridgehead atoms. The van der Waals surface area contributed by atoms with Gasteiger partial charge in [0, 0.05) is 5.56 Å². The Bertz CT molecular complexity index is 669. The third-order valence-corrected chi connectivity index (χ3v) is 5.36. The summed E-state index contributed by atoms with van der Waals surface area (Å²) in [5.74, 6) is 0.570. The molecule has 0 aromatic heterocycles. The smallest absolute Gasteiger partial charge is 0.191 e. The lowest BCUT2D eigenvalue weighted by atomic mass is 10.1. The molecule has 2 rings (SSSR count). The van der Waals surface area contributed by atoms with Gasteiger partial charge in [-0.3, -0.25) is 0 Å². The molecule has 0 amide bonds. The molecule has 0 radical (unpaired) electrons. The number of para-hydroxylation sites is 1. The topological polar surface area (TPSA) is 71.0 Å². The van der Waals surface area contributed by atoms with Gasteiger partial charge in [-0.2, -0.15) is 0 Å². The van der Waals surface area contributed by atoms with Crippen molar-refractivity contribution in [1.29, 1.82) is 0 Å². The standard InChI is InChI=1S/C15H17NO3S/c1-19-14-10-6-5-9-13(14)15(11-16)20(17,18)12-7-3-2-4-8-12/h2-10,15H,11,16H2,1H3/p+1/t15-/m1/s1. The van der Waals surface area contributed by atoms with Gasteiger partial charge in [0.1, 0.15) is 11.0 Å². The zero-order valence-electron chi connectivity index (χ0n) is 11.3. The van der Waals surface area contributed by atoms with Crippen molar-refractivity contribution >= 4 is 9.84 Å². The van der Waals surface area contributed by atoms with Crippen molar-refractivity contribution in [2.45, 2.75) is 10.1 Å². The largest absolute Gasteiger partial charge is 0.496 e. The van der Waals surface area contributed by atoms with E-state index in [1.807, 2.05) is 6.07 Å². The third-order valence-electron chi connectivity index (χ3n) is 3.19. The predicted octanol–water partition coefficient (Wildman–Crippen LogP) is 1.45. The molecule has 2 aromatic carbocycles. The molecule has 0 aliphatic carbocycles. The fraction of sp³-hybridized carbons (Fsp3) is 0.200. The van der Waals surface area contributed by atoms with Crippen LogP contribution in [0.3, 0.4) is 0 Å². The summed E-state index contributed by atoms with van der Waals surface area (Å²) in [5.41, 5.74) is 4.44. The zero-order valence-corrected chi connectivity index (χ0v) is 12.1. The highest BCUT2D eigenvalue weighted by Gasteiger charge is 2.31. The molecule has 0 aliphatic rings. The summed E-state index contributed by atoms with van der Waals surface area (Å²) in [6.45, 7) is 0.248. The highest BCUT2D eigenvalue weighted by atomic mass is 32.2. The molecule has 20 heavy (non-hydrogen) atoms. The first-order chi connectivity index (χ1) is 9.61. The summed E-state index contributed by atoms with van der Waals surface area (Å²) in [4.78, 5) is 0.305. The van der Waals surface area contributed by atoms with E-state index in [1.54, 1.807) is 48.5 Å². The zero-order chi connectivity index (χ0) is 14.6. The fourth-order valence-electron chi connectivity index (χ4n) is 2.18. The van der Waals surface area contributed by atoms with Gasteiger partial charge >= 0.3 is 0 Å². The van der Waals surface area contributed by atoms with Gasteiger partial charge in [-0.05, 0) is 18.2 Å². The number of benzene rings is 2. The number of sulfone groups is 1. The number of methoxy groups -OCH3 is 1. The van der Waals surface area contributed by atoms with Gasteiger partial charge in [-0.1, -0.05) is 36.4 Å². The molecule has 106 valence electrons. The van der Waals surface area contributed by atoms with E-state index in [4.69, 9.17) is 4.74 Å². The van der Waals surface area contributed by atoms with E-state index >= 15 is 0 Å². The number of hydrogen-bond donors (Lipinski definition) is 1. The third kappa shape index (κ3) is 2.69. The molecule has 0 unspecified atom stereocenters. The van der Waals surface area contributed by atoms with Crippen LogP contribution < -0.4 is 10.5 Å². The highest BCUT2D eigenvalue weighted by molar-refractivity contribution is 7.91. The number of ether oxygens (including phenoxy) is 1. The molecular formula is C15H18NO3S+. The van der Waals surface area contributed by atoms with Crippen LogP contribution in [0.1, 0.15) is 10.8 Å². The summed E-state index contributed by atoms with van der Waals surface area (Å²) < 4.78 is 30.7. The SMILES string of the molecule is COc1ccccc1[C@@H](C[NH3+])S(=O)(=O)c1ccccc1. The van der Waals surface area contributed by atoms with Crippen LogP contribution in [-0.2, 0) is 9.84 Å². The summed E-state index contributed by atoms with van der Waals surface area (Å²) >= 11 is 0. The molecule has 1 atom stereocenters. The Kier molecular flexibility index (Phi) is 4.42. The Labute approximate surface area is 119 Å². The molecule has 4 nitrogen and oxygen atoms in total. The lowest BCUT2D eigenvalue weighted by Gasteiger charge is -2.17. The van der Waals surface area contributed by atoms with E-state index in [2.05, 4.69) is 5.73 Å². The van der Waals surface area contributed by atoms with E-state index < -0.39 is 15.1 Å². The summed E-state index contributed by atoms with van der Waals surface area (Å²) in [6.07, 6.45) is 0. The summed E-state index contributed by atoms with van der Waals surface area (Å²) in [5, 5.41) is -0.707. The second-order valence-corrected chi connectivity index (χ2v) is 6.51. The first kappa shape index (κ1) is 14.6. The average Bonchev–Trinajstić information content (AvgIpc) is 2.49. The second kappa shape index (κ2) is 6.07. The minimum atomic E-state index is -3.48. The lowest BCUT2D eigenvalue weighted by molar-refractivity contribution is -0.367. The van der Waals surface area contributed by atoms with E-state index in [0.717, 1.165) is 0 Å². The number of rotatable bonds is 5. The van der Waals surface area contributed by atoms with Gasteiger partial charge in [0.25, 0.3) is 0 Å². The quantitative estimate of drug-likeness (QED) is 0.906. The molecular weight excluding hydrogens is 274 g/mol. The summed E-state index contributed by atoms with van der Waals surface area (Å²) in [6, 6.07) is 15.6. The maximum absolute atomic E-state index is 12.7. The molecule has 0 saturated heterocycles. The van der Waals surface area contributed by atoms with Crippen LogP contribution in [-0.4, -0.2) is 22.1 Å². The normalized spacial score (nSPS) is 12.9. The van der Waals surface area contributed by atoms with E-state index in [-0.39, 0.29) is 6.54 Å². The van der Waals surface area contributed by atoms with Crippen LogP contribution in [0.4, 0.5) is 0 Å². The molecule has 0 saturated carbocycles. The van der Waals surface area contributed by atoms with Crippen molar-refractivity contribution in [1.82, 2.24) is 0 Å². The molecule has 3 N–H and O–H groups in total. The predicted molar refractivity (Wildman–Crippen MR) is 77.1 cm³/mol. The molecule has 0 spiro atoms. The number of hydrogen-bond acceptors (Lipinski definition) is 3. The molecule has 2 aromatic rings. The van der Waals surface area contributed by atoms with Gasteiger partial charge in [0.15, 0.2) is 9.84 Å². The Morgan fingerprint density at radius 3 is 2.25 bits per heavy atom. The van der Waals surface area contributed by atoms with Crippen molar-refractivity contribution in [2.24, 2.45) is 0 Å². The Morgan fingerprint density at radius 1 is 1.05 bits per heavy atom. The van der Waals surface area contributed by atoms with Crippen molar-refractivity contribution in [2.75, 3.05) is 13.7 Å². The van der Waals surface area contributed by atoms with Crippen LogP contribution in [0.5, 0.6) is 5.75 Å².